The quantitative estimate of drug-likeness (QED) is 0.222. The van der Waals surface area contributed by atoms with Crippen molar-refractivity contribution in [2.75, 3.05) is 40.9 Å². The zero-order valence-electron chi connectivity index (χ0n) is 18.4. The van der Waals surface area contributed by atoms with Crippen LogP contribution >= 0.6 is 24.0 Å². The minimum atomic E-state index is -3.72. The maximum atomic E-state index is 12.0. The van der Waals surface area contributed by atoms with Crippen molar-refractivity contribution in [1.82, 2.24) is 15.5 Å². The number of nitrogens with one attached hydrogen (secondary N) is 2. The fourth-order valence-electron chi connectivity index (χ4n) is 3.23. The second kappa shape index (κ2) is 12.6. The van der Waals surface area contributed by atoms with Crippen molar-refractivity contribution in [3.05, 3.63) is 29.8 Å². The topological polar surface area (TPSA) is 126 Å². The van der Waals surface area contributed by atoms with Crippen molar-refractivity contribution in [2.24, 2.45) is 15.5 Å². The van der Waals surface area contributed by atoms with E-state index < -0.39 is 10.0 Å². The molecule has 1 aliphatic carbocycles. The van der Waals surface area contributed by atoms with Crippen LogP contribution in [0.25, 0.3) is 0 Å². The Bertz CT molecular complexity index is 840. The molecular weight excluding hydrogens is 533 g/mol. The highest BCUT2D eigenvalue weighted by Gasteiger charge is 2.36. The molecule has 1 saturated carbocycles. The van der Waals surface area contributed by atoms with E-state index in [9.17, 15) is 13.2 Å². The van der Waals surface area contributed by atoms with Gasteiger partial charge in [-0.05, 0) is 42.4 Å². The number of aliphatic imine (C=N–C) groups is 1. The minimum Gasteiger partial charge on any atom is -0.385 e. The van der Waals surface area contributed by atoms with Gasteiger partial charge >= 0.3 is 0 Å². The Balaban J connectivity index is 0.00000480. The number of primary sulfonamides is 1. The van der Waals surface area contributed by atoms with Gasteiger partial charge in [-0.3, -0.25) is 4.79 Å². The second-order valence-corrected chi connectivity index (χ2v) is 9.51. The maximum Gasteiger partial charge on any atom is 0.241 e. The summed E-state index contributed by atoms with van der Waals surface area (Å²) in [6, 6.07) is 6.28. The summed E-state index contributed by atoms with van der Waals surface area (Å²) in [7, 11) is 1.40. The molecule has 1 aliphatic rings. The highest BCUT2D eigenvalue weighted by atomic mass is 127. The third-order valence-corrected chi connectivity index (χ3v) is 6.39. The molecule has 0 heterocycles. The third-order valence-electron chi connectivity index (χ3n) is 5.46. The second-order valence-electron chi connectivity index (χ2n) is 7.95. The van der Waals surface area contributed by atoms with Crippen LogP contribution in [-0.2, 0) is 26.1 Å². The molecule has 1 aromatic rings. The molecule has 0 radical (unpaired) electrons. The first-order valence-electron chi connectivity index (χ1n) is 9.98. The Hall–Kier alpha value is -1.44. The fraction of sp³-hybridized carbons (Fsp3) is 0.600. The van der Waals surface area contributed by atoms with Gasteiger partial charge in [0.1, 0.15) is 0 Å². The number of sulfonamides is 1. The molecule has 0 saturated heterocycles. The minimum absolute atomic E-state index is 0. The lowest BCUT2D eigenvalue weighted by molar-refractivity contribution is -0.127. The monoisotopic (exact) mass is 567 g/mol. The molecule has 1 amide bonds. The van der Waals surface area contributed by atoms with E-state index in [2.05, 4.69) is 15.6 Å². The van der Waals surface area contributed by atoms with Gasteiger partial charge in [0, 0.05) is 34.4 Å². The van der Waals surface area contributed by atoms with Crippen LogP contribution in [0.4, 0.5) is 0 Å². The van der Waals surface area contributed by atoms with Crippen molar-refractivity contribution in [3.8, 4) is 0 Å². The van der Waals surface area contributed by atoms with E-state index in [4.69, 9.17) is 9.88 Å². The van der Waals surface area contributed by atoms with Crippen molar-refractivity contribution in [3.63, 3.8) is 0 Å². The molecule has 0 spiro atoms. The molecule has 2 rings (SSSR count). The average molecular weight is 567 g/mol. The van der Waals surface area contributed by atoms with Gasteiger partial charge in [-0.15, -0.1) is 24.0 Å². The lowest BCUT2D eigenvalue weighted by atomic mass is 9.67. The predicted octanol–water partition coefficient (Wildman–Crippen LogP) is 1.28. The SMILES string of the molecule is COCCC1(CNC(=NCc2ccc(S(N)(=O)=O)cc2)NCC(=O)N(C)C)CCC1.I. The summed E-state index contributed by atoms with van der Waals surface area (Å²) in [5.74, 6) is 0.490. The first-order chi connectivity index (χ1) is 14.1. The first-order valence-corrected chi connectivity index (χ1v) is 11.5. The summed E-state index contributed by atoms with van der Waals surface area (Å²) in [6.07, 6.45) is 4.47. The molecular formula is C20H34IN5O4S. The fourth-order valence-corrected chi connectivity index (χ4v) is 3.74. The Morgan fingerprint density at radius 3 is 2.35 bits per heavy atom. The average Bonchev–Trinajstić information content (AvgIpc) is 2.67. The first kappa shape index (κ1) is 27.6. The molecule has 1 aromatic carbocycles. The molecule has 11 heteroatoms. The van der Waals surface area contributed by atoms with Gasteiger partial charge in [-0.1, -0.05) is 18.6 Å². The van der Waals surface area contributed by atoms with E-state index in [1.165, 1.54) is 23.5 Å². The number of ether oxygens (including phenoxy) is 1. The normalized spacial score (nSPS) is 15.4. The number of rotatable bonds is 10. The number of guanidine groups is 1. The Morgan fingerprint density at radius 1 is 1.23 bits per heavy atom. The standard InChI is InChI=1S/C20H33N5O4S.HI/c1-25(2)18(26)14-23-19(24-15-20(9-4-10-20)11-12-29-3)22-13-16-5-7-17(8-6-16)30(21,27)28;/h5-8H,4,9-15H2,1-3H3,(H2,21,27,28)(H2,22,23,24);1H. The van der Waals surface area contributed by atoms with Gasteiger partial charge < -0.3 is 20.3 Å². The molecule has 9 nitrogen and oxygen atoms in total. The van der Waals surface area contributed by atoms with Crippen molar-refractivity contribution < 1.29 is 17.9 Å². The van der Waals surface area contributed by atoms with Crippen LogP contribution < -0.4 is 15.8 Å². The number of hydrogen-bond acceptors (Lipinski definition) is 5. The third kappa shape index (κ3) is 8.91. The summed E-state index contributed by atoms with van der Waals surface area (Å²) in [5, 5.41) is 11.6. The lowest BCUT2D eigenvalue weighted by Crippen LogP contribution is -2.48. The molecule has 0 aromatic heterocycles. The molecule has 4 N–H and O–H groups in total. The zero-order chi connectivity index (χ0) is 22.2. The number of carbonyl (C=O) groups is 1. The van der Waals surface area contributed by atoms with E-state index in [0.717, 1.165) is 38.0 Å². The van der Waals surface area contributed by atoms with Crippen LogP contribution in [0.5, 0.6) is 0 Å². The number of halogens is 1. The predicted molar refractivity (Wildman–Crippen MR) is 132 cm³/mol. The van der Waals surface area contributed by atoms with Crippen LogP contribution in [0.1, 0.15) is 31.2 Å². The Labute approximate surface area is 202 Å². The van der Waals surface area contributed by atoms with Gasteiger partial charge in [-0.25, -0.2) is 18.5 Å². The van der Waals surface area contributed by atoms with E-state index in [1.54, 1.807) is 33.3 Å². The zero-order valence-corrected chi connectivity index (χ0v) is 21.5. The van der Waals surface area contributed by atoms with Gasteiger partial charge in [0.2, 0.25) is 15.9 Å². The summed E-state index contributed by atoms with van der Waals surface area (Å²) in [5.41, 5.74) is 1.03. The molecule has 0 unspecified atom stereocenters. The van der Waals surface area contributed by atoms with Crippen molar-refractivity contribution in [2.45, 2.75) is 37.1 Å². The number of hydrogen-bond donors (Lipinski definition) is 3. The van der Waals surface area contributed by atoms with Gasteiger partial charge in [-0.2, -0.15) is 0 Å². The van der Waals surface area contributed by atoms with Crippen LogP contribution in [0.2, 0.25) is 0 Å². The number of nitrogens with zero attached hydrogens (tertiary/aromatic N) is 2. The van der Waals surface area contributed by atoms with Crippen molar-refractivity contribution in [1.29, 1.82) is 0 Å². The van der Waals surface area contributed by atoms with Crippen LogP contribution in [0, 0.1) is 5.41 Å². The maximum absolute atomic E-state index is 12.0. The van der Waals surface area contributed by atoms with E-state index in [1.807, 2.05) is 0 Å². The Morgan fingerprint density at radius 2 is 1.87 bits per heavy atom. The largest absolute Gasteiger partial charge is 0.385 e. The number of likely N-dealkylation sites (N-methyl/N-ethyl adjacent to an activating group) is 1. The molecule has 1 fully saturated rings. The van der Waals surface area contributed by atoms with Crippen LogP contribution in [0.3, 0.4) is 0 Å². The number of methoxy groups -OCH3 is 1. The highest BCUT2D eigenvalue weighted by molar-refractivity contribution is 14.0. The van der Waals surface area contributed by atoms with E-state index >= 15 is 0 Å². The summed E-state index contributed by atoms with van der Waals surface area (Å²) >= 11 is 0. The summed E-state index contributed by atoms with van der Waals surface area (Å²) in [6.45, 7) is 1.94. The van der Waals surface area contributed by atoms with Crippen LogP contribution in [-0.4, -0.2) is 66.1 Å². The van der Waals surface area contributed by atoms with Gasteiger partial charge in [0.15, 0.2) is 5.96 Å². The number of benzene rings is 1. The molecule has 176 valence electrons. The summed E-state index contributed by atoms with van der Waals surface area (Å²) in [4.78, 5) is 18.1. The number of nitrogens with two attached hydrogens (primary N) is 1. The lowest BCUT2D eigenvalue weighted by Gasteiger charge is -2.42. The molecule has 0 atom stereocenters. The number of amides is 1. The number of carbonyl (C=O) groups excluding carboxylic acids is 1. The van der Waals surface area contributed by atoms with E-state index in [-0.39, 0.29) is 46.7 Å². The van der Waals surface area contributed by atoms with Crippen LogP contribution in [0.15, 0.2) is 34.2 Å². The Kier molecular flexibility index (Phi) is 11.2. The van der Waals surface area contributed by atoms with Gasteiger partial charge in [0.25, 0.3) is 0 Å². The highest BCUT2D eigenvalue weighted by Crippen LogP contribution is 2.43. The summed E-state index contributed by atoms with van der Waals surface area (Å²) < 4.78 is 28.0. The van der Waals surface area contributed by atoms with E-state index in [0.29, 0.717) is 12.5 Å². The van der Waals surface area contributed by atoms with Crippen molar-refractivity contribution >= 4 is 45.9 Å². The smallest absolute Gasteiger partial charge is 0.241 e. The molecule has 0 bridgehead atoms. The molecule has 0 aliphatic heterocycles. The van der Waals surface area contributed by atoms with Gasteiger partial charge in [0.05, 0.1) is 18.0 Å². The molecule has 31 heavy (non-hydrogen) atoms.